The lowest BCUT2D eigenvalue weighted by molar-refractivity contribution is 0.294. The molecule has 0 spiro atoms. The molecule has 0 bridgehead atoms. The average molecular weight is 320 g/mol. The summed E-state index contributed by atoms with van der Waals surface area (Å²) in [4.78, 5) is 8.88. The summed E-state index contributed by atoms with van der Waals surface area (Å²) < 4.78 is 13.1. The first-order chi connectivity index (χ1) is 10.8. The van der Waals surface area contributed by atoms with Crippen LogP contribution in [-0.2, 0) is 0 Å². The normalized spacial score (nSPS) is 19.3. The van der Waals surface area contributed by atoms with Crippen molar-refractivity contribution in [3.8, 4) is 0 Å². The molecule has 1 fully saturated rings. The topological polar surface area (TPSA) is 30.9 Å². The number of rotatable bonds is 4. The van der Waals surface area contributed by atoms with Gasteiger partial charge in [0.25, 0.3) is 0 Å². The van der Waals surface area contributed by atoms with Gasteiger partial charge in [-0.15, -0.1) is 0 Å². The fourth-order valence-corrected chi connectivity index (χ4v) is 3.10. The lowest BCUT2D eigenvalue weighted by Gasteiger charge is -2.29. The third kappa shape index (κ3) is 4.67. The van der Waals surface area contributed by atoms with Gasteiger partial charge >= 0.3 is 0 Å². The van der Waals surface area contributed by atoms with Crippen molar-refractivity contribution < 1.29 is 4.39 Å². The van der Waals surface area contributed by atoms with E-state index in [9.17, 15) is 4.39 Å². The molecule has 1 atom stereocenters. The summed E-state index contributed by atoms with van der Waals surface area (Å²) in [6.45, 7) is 7.39. The van der Waals surface area contributed by atoms with Crippen molar-refractivity contribution in [2.75, 3.05) is 40.8 Å². The zero-order valence-corrected chi connectivity index (χ0v) is 14.9. The predicted octanol–water partition coefficient (Wildman–Crippen LogP) is 2.74. The molecular formula is C18H29FN4. The number of likely N-dealkylation sites (tertiary alicyclic amines) is 1. The minimum absolute atomic E-state index is 0.169. The number of guanidine groups is 1. The second kappa shape index (κ2) is 7.30. The highest BCUT2D eigenvalue weighted by atomic mass is 19.1. The summed E-state index contributed by atoms with van der Waals surface area (Å²) in [7, 11) is 5.91. The third-order valence-corrected chi connectivity index (χ3v) is 4.52. The molecule has 4 nitrogen and oxygen atoms in total. The van der Waals surface area contributed by atoms with Crippen LogP contribution >= 0.6 is 0 Å². The lowest BCUT2D eigenvalue weighted by atomic mass is 9.93. The summed E-state index contributed by atoms with van der Waals surface area (Å²) in [5.74, 6) is 0.749. The van der Waals surface area contributed by atoms with Crippen LogP contribution in [0, 0.1) is 11.2 Å². The molecule has 1 aromatic carbocycles. The van der Waals surface area contributed by atoms with E-state index in [1.807, 2.05) is 33.3 Å². The van der Waals surface area contributed by atoms with E-state index in [0.717, 1.165) is 31.2 Å². The summed E-state index contributed by atoms with van der Waals surface area (Å²) in [5, 5.41) is 3.48. The van der Waals surface area contributed by atoms with Gasteiger partial charge in [-0.2, -0.15) is 0 Å². The van der Waals surface area contributed by atoms with Gasteiger partial charge < -0.3 is 15.1 Å². The van der Waals surface area contributed by atoms with Gasteiger partial charge in [0.05, 0.1) is 6.04 Å². The maximum atomic E-state index is 13.1. The molecular weight excluding hydrogens is 291 g/mol. The Morgan fingerprint density at radius 3 is 2.48 bits per heavy atom. The number of halogens is 1. The Kier molecular flexibility index (Phi) is 5.63. The van der Waals surface area contributed by atoms with Gasteiger partial charge in [0.2, 0.25) is 0 Å². The number of nitrogens with zero attached hydrogens (tertiary/aromatic N) is 3. The maximum absolute atomic E-state index is 13.1. The van der Waals surface area contributed by atoms with Crippen molar-refractivity contribution >= 4 is 5.96 Å². The molecule has 0 aromatic heterocycles. The van der Waals surface area contributed by atoms with Gasteiger partial charge in [-0.25, -0.2) is 4.39 Å². The molecule has 2 rings (SSSR count). The summed E-state index contributed by atoms with van der Waals surface area (Å²) in [6, 6.07) is 6.91. The van der Waals surface area contributed by atoms with E-state index >= 15 is 0 Å². The molecule has 0 saturated carbocycles. The minimum Gasteiger partial charge on any atom is -0.354 e. The second-order valence-corrected chi connectivity index (χ2v) is 7.29. The third-order valence-electron chi connectivity index (χ3n) is 4.52. The average Bonchev–Trinajstić information content (AvgIpc) is 2.85. The molecule has 0 amide bonds. The SMILES string of the molecule is CN=C(NCC(c1ccc(F)cc1)N(C)C)N1CCC(C)(C)C1. The van der Waals surface area contributed by atoms with Crippen LogP contribution in [0.25, 0.3) is 0 Å². The smallest absolute Gasteiger partial charge is 0.193 e. The predicted molar refractivity (Wildman–Crippen MR) is 94.2 cm³/mol. The first-order valence-corrected chi connectivity index (χ1v) is 8.20. The van der Waals surface area contributed by atoms with Crippen LogP contribution in [0.5, 0.6) is 0 Å². The van der Waals surface area contributed by atoms with Crippen LogP contribution in [0.2, 0.25) is 0 Å². The van der Waals surface area contributed by atoms with Gasteiger partial charge in [-0.3, -0.25) is 4.99 Å². The van der Waals surface area contributed by atoms with Gasteiger partial charge in [-0.1, -0.05) is 26.0 Å². The van der Waals surface area contributed by atoms with E-state index < -0.39 is 0 Å². The molecule has 1 saturated heterocycles. The fraction of sp³-hybridized carbons (Fsp3) is 0.611. The minimum atomic E-state index is -0.200. The van der Waals surface area contributed by atoms with Crippen molar-refractivity contribution in [1.82, 2.24) is 15.1 Å². The molecule has 1 unspecified atom stereocenters. The van der Waals surface area contributed by atoms with Gasteiger partial charge in [0, 0.05) is 26.7 Å². The second-order valence-electron chi connectivity index (χ2n) is 7.29. The molecule has 1 aromatic rings. The van der Waals surface area contributed by atoms with Crippen molar-refractivity contribution in [1.29, 1.82) is 0 Å². The van der Waals surface area contributed by atoms with Gasteiger partial charge in [0.1, 0.15) is 5.82 Å². The van der Waals surface area contributed by atoms with Crippen LogP contribution in [-0.4, -0.2) is 56.5 Å². The monoisotopic (exact) mass is 320 g/mol. The number of benzene rings is 1. The molecule has 1 N–H and O–H groups in total. The summed E-state index contributed by atoms with van der Waals surface area (Å²) in [6.07, 6.45) is 1.18. The van der Waals surface area contributed by atoms with Crippen molar-refractivity contribution in [2.45, 2.75) is 26.3 Å². The number of aliphatic imine (C=N–C) groups is 1. The zero-order chi connectivity index (χ0) is 17.0. The maximum Gasteiger partial charge on any atom is 0.193 e. The highest BCUT2D eigenvalue weighted by Crippen LogP contribution is 2.28. The Morgan fingerprint density at radius 2 is 2.00 bits per heavy atom. The molecule has 23 heavy (non-hydrogen) atoms. The molecule has 0 aliphatic carbocycles. The molecule has 0 radical (unpaired) electrons. The van der Waals surface area contributed by atoms with E-state index in [4.69, 9.17) is 0 Å². The van der Waals surface area contributed by atoms with Crippen LogP contribution in [0.15, 0.2) is 29.3 Å². The van der Waals surface area contributed by atoms with Crippen molar-refractivity contribution in [2.24, 2.45) is 10.4 Å². The van der Waals surface area contributed by atoms with Crippen molar-refractivity contribution in [3.05, 3.63) is 35.6 Å². The highest BCUT2D eigenvalue weighted by Gasteiger charge is 2.31. The lowest BCUT2D eigenvalue weighted by Crippen LogP contribution is -2.44. The van der Waals surface area contributed by atoms with Crippen molar-refractivity contribution in [3.63, 3.8) is 0 Å². The standard InChI is InChI=1S/C18H29FN4/c1-18(2)10-11-23(13-18)17(20-3)21-12-16(22(4)5)14-6-8-15(19)9-7-14/h6-9,16H,10-13H2,1-5H3,(H,20,21). The van der Waals surface area contributed by atoms with E-state index in [2.05, 4.69) is 34.0 Å². The van der Waals surface area contributed by atoms with Crippen LogP contribution in [0.1, 0.15) is 31.9 Å². The summed E-state index contributed by atoms with van der Waals surface area (Å²) >= 11 is 0. The first kappa shape index (κ1) is 17.7. The fourth-order valence-electron chi connectivity index (χ4n) is 3.10. The molecule has 128 valence electrons. The molecule has 1 aliphatic rings. The molecule has 1 aliphatic heterocycles. The van der Waals surface area contributed by atoms with E-state index in [1.54, 1.807) is 0 Å². The largest absolute Gasteiger partial charge is 0.354 e. The number of nitrogens with one attached hydrogen (secondary N) is 1. The number of hydrogen-bond donors (Lipinski definition) is 1. The first-order valence-electron chi connectivity index (χ1n) is 8.20. The number of hydrogen-bond acceptors (Lipinski definition) is 2. The Bertz CT molecular complexity index is 536. The van der Waals surface area contributed by atoms with Crippen LogP contribution < -0.4 is 5.32 Å². The van der Waals surface area contributed by atoms with Gasteiger partial charge in [0.15, 0.2) is 5.96 Å². The quantitative estimate of drug-likeness (QED) is 0.683. The van der Waals surface area contributed by atoms with Crippen LogP contribution in [0.3, 0.4) is 0 Å². The zero-order valence-electron chi connectivity index (χ0n) is 14.9. The summed E-state index contributed by atoms with van der Waals surface area (Å²) in [5.41, 5.74) is 1.44. The van der Waals surface area contributed by atoms with E-state index in [-0.39, 0.29) is 11.9 Å². The van der Waals surface area contributed by atoms with Crippen LogP contribution in [0.4, 0.5) is 4.39 Å². The Hall–Kier alpha value is -1.62. The molecule has 5 heteroatoms. The van der Waals surface area contributed by atoms with E-state index in [1.165, 1.54) is 18.6 Å². The number of likely N-dealkylation sites (N-methyl/N-ethyl adjacent to an activating group) is 1. The Labute approximate surface area is 139 Å². The highest BCUT2D eigenvalue weighted by molar-refractivity contribution is 5.80. The van der Waals surface area contributed by atoms with E-state index in [0.29, 0.717) is 5.41 Å². The van der Waals surface area contributed by atoms with Gasteiger partial charge in [-0.05, 0) is 43.6 Å². The molecule has 1 heterocycles. The Morgan fingerprint density at radius 1 is 1.35 bits per heavy atom. The Balaban J connectivity index is 2.02.